The van der Waals surface area contributed by atoms with Crippen molar-refractivity contribution in [2.75, 3.05) is 5.32 Å². The van der Waals surface area contributed by atoms with E-state index in [1.54, 1.807) is 18.2 Å². The van der Waals surface area contributed by atoms with E-state index < -0.39 is 18.3 Å². The summed E-state index contributed by atoms with van der Waals surface area (Å²) in [6, 6.07) is 8.95. The molecule has 1 aromatic carbocycles. The van der Waals surface area contributed by atoms with Crippen LogP contribution in [0.5, 0.6) is 0 Å². The predicted molar refractivity (Wildman–Crippen MR) is 77.6 cm³/mol. The molecule has 0 radical (unpaired) electrons. The third-order valence-corrected chi connectivity index (χ3v) is 3.11. The number of pyridine rings is 1. The standard InChI is InChI=1S/C15H11FN4O2/c16-9-4-5-12-10(7-9)11(8-21)14(20-19-12)15(22)18-13-3-1-2-6-17-13/h1-7,21H,8H2,(H,17,18,22). The molecule has 3 aromatic rings. The summed E-state index contributed by atoms with van der Waals surface area (Å²) in [6.45, 7) is -0.458. The summed E-state index contributed by atoms with van der Waals surface area (Å²) in [5.41, 5.74) is 0.559. The normalized spacial score (nSPS) is 10.6. The minimum absolute atomic E-state index is 0.0637. The van der Waals surface area contributed by atoms with Crippen LogP contribution in [0.2, 0.25) is 0 Å². The predicted octanol–water partition coefficient (Wildman–Crippen LogP) is 1.91. The summed E-state index contributed by atoms with van der Waals surface area (Å²) in [6.07, 6.45) is 1.53. The van der Waals surface area contributed by atoms with Crippen molar-refractivity contribution < 1.29 is 14.3 Å². The molecule has 0 bridgehead atoms. The van der Waals surface area contributed by atoms with Crippen LogP contribution in [-0.4, -0.2) is 26.2 Å². The van der Waals surface area contributed by atoms with Crippen molar-refractivity contribution in [2.24, 2.45) is 0 Å². The largest absolute Gasteiger partial charge is 0.392 e. The minimum Gasteiger partial charge on any atom is -0.392 e. The molecule has 22 heavy (non-hydrogen) atoms. The van der Waals surface area contributed by atoms with E-state index in [2.05, 4.69) is 20.5 Å². The molecule has 3 rings (SSSR count). The van der Waals surface area contributed by atoms with E-state index in [1.165, 1.54) is 24.4 Å². The minimum atomic E-state index is -0.568. The number of benzene rings is 1. The van der Waals surface area contributed by atoms with Crippen LogP contribution in [-0.2, 0) is 6.61 Å². The highest BCUT2D eigenvalue weighted by atomic mass is 19.1. The Morgan fingerprint density at radius 1 is 1.23 bits per heavy atom. The van der Waals surface area contributed by atoms with E-state index in [0.29, 0.717) is 16.7 Å². The molecule has 0 aliphatic heterocycles. The van der Waals surface area contributed by atoms with Crippen LogP contribution in [0, 0.1) is 5.82 Å². The molecule has 2 aromatic heterocycles. The Morgan fingerprint density at radius 3 is 2.82 bits per heavy atom. The monoisotopic (exact) mass is 298 g/mol. The summed E-state index contributed by atoms with van der Waals surface area (Å²) in [5.74, 6) is -0.703. The first-order chi connectivity index (χ1) is 10.7. The molecule has 0 aliphatic carbocycles. The molecule has 0 atom stereocenters. The first-order valence-electron chi connectivity index (χ1n) is 6.47. The Balaban J connectivity index is 2.04. The number of fused-ring (bicyclic) bond motifs is 1. The summed E-state index contributed by atoms with van der Waals surface area (Å²) >= 11 is 0. The Bertz CT molecular complexity index is 840. The molecule has 6 nitrogen and oxygen atoms in total. The van der Waals surface area contributed by atoms with Crippen molar-refractivity contribution in [2.45, 2.75) is 6.61 Å². The van der Waals surface area contributed by atoms with E-state index in [0.717, 1.165) is 0 Å². The highest BCUT2D eigenvalue weighted by Crippen LogP contribution is 2.21. The Hall–Kier alpha value is -2.93. The molecule has 0 saturated carbocycles. The molecule has 2 N–H and O–H groups in total. The van der Waals surface area contributed by atoms with Crippen molar-refractivity contribution in [1.29, 1.82) is 0 Å². The van der Waals surface area contributed by atoms with Gasteiger partial charge in [0, 0.05) is 17.1 Å². The number of nitrogens with one attached hydrogen (secondary N) is 1. The van der Waals surface area contributed by atoms with Gasteiger partial charge in [-0.1, -0.05) is 6.07 Å². The van der Waals surface area contributed by atoms with Crippen molar-refractivity contribution >= 4 is 22.6 Å². The maximum atomic E-state index is 13.4. The number of carbonyl (C=O) groups is 1. The van der Waals surface area contributed by atoms with E-state index in [1.807, 2.05) is 0 Å². The van der Waals surface area contributed by atoms with Gasteiger partial charge in [0.2, 0.25) is 0 Å². The Morgan fingerprint density at radius 2 is 2.09 bits per heavy atom. The molecule has 1 amide bonds. The molecule has 0 fully saturated rings. The fourth-order valence-corrected chi connectivity index (χ4v) is 2.08. The van der Waals surface area contributed by atoms with Gasteiger partial charge in [-0.2, -0.15) is 0 Å². The number of nitrogens with zero attached hydrogens (tertiary/aromatic N) is 3. The second-order valence-corrected chi connectivity index (χ2v) is 4.52. The summed E-state index contributed by atoms with van der Waals surface area (Å²) in [4.78, 5) is 16.2. The molecule has 0 unspecified atom stereocenters. The number of rotatable bonds is 3. The van der Waals surface area contributed by atoms with Crippen molar-refractivity contribution in [3.8, 4) is 0 Å². The van der Waals surface area contributed by atoms with Crippen LogP contribution >= 0.6 is 0 Å². The SMILES string of the molecule is O=C(Nc1ccccn1)c1nnc2ccc(F)cc2c1CO. The lowest BCUT2D eigenvalue weighted by molar-refractivity contribution is 0.101. The van der Waals surface area contributed by atoms with Crippen LogP contribution in [0.25, 0.3) is 10.9 Å². The van der Waals surface area contributed by atoms with Gasteiger partial charge in [-0.25, -0.2) is 9.37 Å². The van der Waals surface area contributed by atoms with Gasteiger partial charge in [-0.05, 0) is 30.3 Å². The molecular weight excluding hydrogens is 287 g/mol. The van der Waals surface area contributed by atoms with Gasteiger partial charge in [-0.15, -0.1) is 10.2 Å². The number of aliphatic hydroxyl groups excluding tert-OH is 1. The molecule has 0 aliphatic rings. The summed E-state index contributed by atoms with van der Waals surface area (Å²) in [5, 5.41) is 20.2. The first-order valence-corrected chi connectivity index (χ1v) is 6.47. The van der Waals surface area contributed by atoms with Gasteiger partial charge in [0.05, 0.1) is 12.1 Å². The number of anilines is 1. The third-order valence-electron chi connectivity index (χ3n) is 3.11. The summed E-state index contributed by atoms with van der Waals surface area (Å²) in [7, 11) is 0. The van der Waals surface area contributed by atoms with Gasteiger partial charge in [-0.3, -0.25) is 4.79 Å². The lowest BCUT2D eigenvalue weighted by Gasteiger charge is -2.09. The fourth-order valence-electron chi connectivity index (χ4n) is 2.08. The number of aromatic nitrogens is 3. The molecule has 110 valence electrons. The van der Waals surface area contributed by atoms with Crippen molar-refractivity contribution in [3.63, 3.8) is 0 Å². The van der Waals surface area contributed by atoms with E-state index in [-0.39, 0.29) is 11.3 Å². The van der Waals surface area contributed by atoms with Crippen molar-refractivity contribution in [3.05, 3.63) is 59.7 Å². The zero-order valence-electron chi connectivity index (χ0n) is 11.3. The zero-order valence-corrected chi connectivity index (χ0v) is 11.3. The first kappa shape index (κ1) is 14.0. The van der Waals surface area contributed by atoms with Crippen LogP contribution < -0.4 is 5.32 Å². The van der Waals surface area contributed by atoms with E-state index in [9.17, 15) is 14.3 Å². The number of hydrogen-bond donors (Lipinski definition) is 2. The topological polar surface area (TPSA) is 88.0 Å². The number of hydrogen-bond acceptors (Lipinski definition) is 5. The third kappa shape index (κ3) is 2.61. The quantitative estimate of drug-likeness (QED) is 0.771. The zero-order chi connectivity index (χ0) is 15.5. The molecule has 7 heteroatoms. The highest BCUT2D eigenvalue weighted by molar-refractivity contribution is 6.05. The van der Waals surface area contributed by atoms with Gasteiger partial charge >= 0.3 is 0 Å². The maximum absolute atomic E-state index is 13.4. The molecule has 0 spiro atoms. The second kappa shape index (κ2) is 5.82. The Kier molecular flexibility index (Phi) is 3.71. The van der Waals surface area contributed by atoms with Crippen LogP contribution in [0.1, 0.15) is 16.1 Å². The van der Waals surface area contributed by atoms with Crippen LogP contribution in [0.15, 0.2) is 42.6 Å². The van der Waals surface area contributed by atoms with Gasteiger partial charge in [0.15, 0.2) is 5.69 Å². The highest BCUT2D eigenvalue weighted by Gasteiger charge is 2.17. The van der Waals surface area contributed by atoms with Gasteiger partial charge < -0.3 is 10.4 Å². The van der Waals surface area contributed by atoms with Crippen molar-refractivity contribution in [1.82, 2.24) is 15.2 Å². The van der Waals surface area contributed by atoms with E-state index >= 15 is 0 Å². The number of aliphatic hydroxyl groups is 1. The Labute approximate surface area is 124 Å². The van der Waals surface area contributed by atoms with Crippen LogP contribution in [0.3, 0.4) is 0 Å². The molecule has 2 heterocycles. The average molecular weight is 298 g/mol. The number of halogens is 1. The summed E-state index contributed by atoms with van der Waals surface area (Å²) < 4.78 is 13.4. The number of carbonyl (C=O) groups excluding carboxylic acids is 1. The fraction of sp³-hybridized carbons (Fsp3) is 0.0667. The van der Waals surface area contributed by atoms with E-state index in [4.69, 9.17) is 0 Å². The molecule has 0 saturated heterocycles. The molecular formula is C15H11FN4O2. The lowest BCUT2D eigenvalue weighted by Crippen LogP contribution is -2.18. The lowest BCUT2D eigenvalue weighted by atomic mass is 10.1. The van der Waals surface area contributed by atoms with Crippen LogP contribution in [0.4, 0.5) is 10.2 Å². The average Bonchev–Trinajstić information content (AvgIpc) is 2.54. The van der Waals surface area contributed by atoms with Gasteiger partial charge in [0.25, 0.3) is 5.91 Å². The smallest absolute Gasteiger partial charge is 0.277 e. The maximum Gasteiger partial charge on any atom is 0.277 e. The second-order valence-electron chi connectivity index (χ2n) is 4.52. The van der Waals surface area contributed by atoms with Gasteiger partial charge in [0.1, 0.15) is 11.6 Å². The number of amides is 1.